The molecule has 0 saturated carbocycles. The van der Waals surface area contributed by atoms with Crippen LogP contribution >= 0.6 is 15.9 Å². The van der Waals surface area contributed by atoms with Gasteiger partial charge in [-0.2, -0.15) is 4.72 Å². The highest BCUT2D eigenvalue weighted by molar-refractivity contribution is 9.10. The number of benzene rings is 1. The fraction of sp³-hybridized carbons (Fsp3) is 0.400. The van der Waals surface area contributed by atoms with E-state index < -0.39 is 41.2 Å². The third-order valence-electron chi connectivity index (χ3n) is 2.46. The Kier molecular flexibility index (Phi) is 5.42. The molecule has 1 aromatic carbocycles. The van der Waals surface area contributed by atoms with Crippen LogP contribution in [0.4, 0.5) is 4.39 Å². The predicted molar refractivity (Wildman–Crippen MR) is 68.4 cm³/mol. The van der Waals surface area contributed by atoms with Crippen LogP contribution in [0, 0.1) is 5.82 Å². The standard InChI is InChI=1S/C10H13BrFNO5S/c11-8-2-1-7(3-9(8)12)19(17,18)13-10(4-14,5-15)6-16/h1-3,13-16H,4-6H2. The van der Waals surface area contributed by atoms with E-state index in [2.05, 4.69) is 15.9 Å². The van der Waals surface area contributed by atoms with Gasteiger partial charge in [0, 0.05) is 0 Å². The monoisotopic (exact) mass is 357 g/mol. The third kappa shape index (κ3) is 3.71. The zero-order valence-electron chi connectivity index (χ0n) is 9.68. The molecule has 19 heavy (non-hydrogen) atoms. The maximum atomic E-state index is 13.3. The van der Waals surface area contributed by atoms with Gasteiger partial charge in [0.2, 0.25) is 10.0 Å². The van der Waals surface area contributed by atoms with Crippen molar-refractivity contribution in [3.8, 4) is 0 Å². The highest BCUT2D eigenvalue weighted by atomic mass is 79.9. The first kappa shape index (κ1) is 16.5. The first-order valence-corrected chi connectivity index (χ1v) is 7.39. The van der Waals surface area contributed by atoms with Crippen molar-refractivity contribution in [2.75, 3.05) is 19.8 Å². The van der Waals surface area contributed by atoms with Crippen molar-refractivity contribution in [3.05, 3.63) is 28.5 Å². The minimum absolute atomic E-state index is 0.101. The molecule has 9 heteroatoms. The van der Waals surface area contributed by atoms with Crippen molar-refractivity contribution in [2.24, 2.45) is 0 Å². The van der Waals surface area contributed by atoms with E-state index in [-0.39, 0.29) is 9.37 Å². The Bertz CT molecular complexity index is 539. The number of aliphatic hydroxyl groups is 3. The van der Waals surface area contributed by atoms with Crippen LogP contribution in [0.25, 0.3) is 0 Å². The number of sulfonamides is 1. The van der Waals surface area contributed by atoms with E-state index in [1.807, 2.05) is 4.72 Å². The summed E-state index contributed by atoms with van der Waals surface area (Å²) in [6.45, 7) is -2.42. The second-order valence-corrected chi connectivity index (χ2v) is 6.47. The molecule has 4 N–H and O–H groups in total. The summed E-state index contributed by atoms with van der Waals surface area (Å²) in [5, 5.41) is 27.2. The molecule has 0 aliphatic heterocycles. The molecule has 0 aromatic heterocycles. The van der Waals surface area contributed by atoms with Gasteiger partial charge in [0.25, 0.3) is 0 Å². The number of hydrogen-bond acceptors (Lipinski definition) is 5. The van der Waals surface area contributed by atoms with E-state index in [1.165, 1.54) is 6.07 Å². The molecule has 0 bridgehead atoms. The van der Waals surface area contributed by atoms with Crippen molar-refractivity contribution < 1.29 is 28.1 Å². The maximum absolute atomic E-state index is 13.3. The average Bonchev–Trinajstić information content (AvgIpc) is 2.39. The lowest BCUT2D eigenvalue weighted by Gasteiger charge is -2.28. The molecule has 6 nitrogen and oxygen atoms in total. The van der Waals surface area contributed by atoms with E-state index in [4.69, 9.17) is 15.3 Å². The molecule has 0 aliphatic carbocycles. The van der Waals surface area contributed by atoms with E-state index in [9.17, 15) is 12.8 Å². The van der Waals surface area contributed by atoms with Crippen molar-refractivity contribution in [1.82, 2.24) is 4.72 Å². The first-order chi connectivity index (χ1) is 8.80. The van der Waals surface area contributed by atoms with Crippen molar-refractivity contribution in [2.45, 2.75) is 10.4 Å². The summed E-state index contributed by atoms with van der Waals surface area (Å²) in [6.07, 6.45) is 0. The van der Waals surface area contributed by atoms with Gasteiger partial charge in [-0.05, 0) is 34.1 Å². The molecular formula is C10H13BrFNO5S. The highest BCUT2D eigenvalue weighted by Gasteiger charge is 2.34. The molecule has 1 aromatic rings. The smallest absolute Gasteiger partial charge is 0.241 e. The summed E-state index contributed by atoms with van der Waals surface area (Å²) in [7, 11) is -4.18. The highest BCUT2D eigenvalue weighted by Crippen LogP contribution is 2.20. The van der Waals surface area contributed by atoms with Gasteiger partial charge in [0.1, 0.15) is 11.4 Å². The zero-order valence-corrected chi connectivity index (χ0v) is 12.1. The van der Waals surface area contributed by atoms with Crippen molar-refractivity contribution >= 4 is 26.0 Å². The van der Waals surface area contributed by atoms with Gasteiger partial charge in [-0.3, -0.25) is 0 Å². The van der Waals surface area contributed by atoms with Crippen molar-refractivity contribution in [1.29, 1.82) is 0 Å². The summed E-state index contributed by atoms with van der Waals surface area (Å²) < 4.78 is 39.3. The molecular weight excluding hydrogens is 345 g/mol. The molecule has 0 heterocycles. The lowest BCUT2D eigenvalue weighted by molar-refractivity contribution is 0.0582. The van der Waals surface area contributed by atoms with Crippen molar-refractivity contribution in [3.63, 3.8) is 0 Å². The molecule has 0 radical (unpaired) electrons. The van der Waals surface area contributed by atoms with Gasteiger partial charge >= 0.3 is 0 Å². The lowest BCUT2D eigenvalue weighted by atomic mass is 10.1. The zero-order chi connectivity index (χ0) is 14.7. The van der Waals surface area contributed by atoms with Crippen LogP contribution in [0.1, 0.15) is 0 Å². The minimum atomic E-state index is -4.18. The molecule has 0 unspecified atom stereocenters. The largest absolute Gasteiger partial charge is 0.394 e. The molecule has 108 valence electrons. The van der Waals surface area contributed by atoms with Gasteiger partial charge in [-0.1, -0.05) is 0 Å². The van der Waals surface area contributed by atoms with Crippen LogP contribution < -0.4 is 4.72 Å². The summed E-state index contributed by atoms with van der Waals surface area (Å²) >= 11 is 2.89. The number of aliphatic hydroxyl groups excluding tert-OH is 3. The maximum Gasteiger partial charge on any atom is 0.241 e. The molecule has 0 atom stereocenters. The molecule has 0 spiro atoms. The molecule has 0 aliphatic rings. The number of halogens is 2. The molecule has 0 fully saturated rings. The number of rotatable bonds is 6. The SMILES string of the molecule is O=S(=O)(NC(CO)(CO)CO)c1ccc(Br)c(F)c1. The van der Waals surface area contributed by atoms with E-state index >= 15 is 0 Å². The van der Waals surface area contributed by atoms with Gasteiger partial charge in [-0.15, -0.1) is 0 Å². The Labute approximate surface area is 118 Å². The normalized spacial score (nSPS) is 12.7. The molecule has 1 rings (SSSR count). The van der Waals surface area contributed by atoms with Gasteiger partial charge < -0.3 is 15.3 Å². The Balaban J connectivity index is 3.14. The predicted octanol–water partition coefficient (Wildman–Crippen LogP) is -0.418. The third-order valence-corrected chi connectivity index (χ3v) is 4.68. The van der Waals surface area contributed by atoms with Crippen LogP contribution in [0.5, 0.6) is 0 Å². The Morgan fingerprint density at radius 2 is 1.74 bits per heavy atom. The summed E-state index contributed by atoms with van der Waals surface area (Å²) in [6, 6.07) is 3.14. The van der Waals surface area contributed by atoms with Gasteiger partial charge in [-0.25, -0.2) is 12.8 Å². The minimum Gasteiger partial charge on any atom is -0.394 e. The molecule has 0 saturated heterocycles. The van der Waals surface area contributed by atoms with Crippen LogP contribution in [0.2, 0.25) is 0 Å². The van der Waals surface area contributed by atoms with Gasteiger partial charge in [0.15, 0.2) is 0 Å². The topological polar surface area (TPSA) is 107 Å². The Morgan fingerprint density at radius 3 is 2.16 bits per heavy atom. The number of nitrogens with one attached hydrogen (secondary N) is 1. The van der Waals surface area contributed by atoms with E-state index in [0.717, 1.165) is 12.1 Å². The van der Waals surface area contributed by atoms with Crippen LogP contribution in [-0.4, -0.2) is 49.1 Å². The number of hydrogen-bond donors (Lipinski definition) is 4. The van der Waals surface area contributed by atoms with E-state index in [1.54, 1.807) is 0 Å². The van der Waals surface area contributed by atoms with Crippen LogP contribution in [-0.2, 0) is 10.0 Å². The first-order valence-electron chi connectivity index (χ1n) is 5.12. The summed E-state index contributed by atoms with van der Waals surface area (Å²) in [5.74, 6) is -0.773. The van der Waals surface area contributed by atoms with Crippen LogP contribution in [0.3, 0.4) is 0 Å². The fourth-order valence-corrected chi connectivity index (χ4v) is 2.87. The van der Waals surface area contributed by atoms with Crippen LogP contribution in [0.15, 0.2) is 27.6 Å². The molecule has 0 amide bonds. The Morgan fingerprint density at radius 1 is 1.21 bits per heavy atom. The van der Waals surface area contributed by atoms with Gasteiger partial charge in [0.05, 0.1) is 29.2 Å². The lowest BCUT2D eigenvalue weighted by Crippen LogP contribution is -2.56. The second kappa shape index (κ2) is 6.25. The fourth-order valence-electron chi connectivity index (χ4n) is 1.23. The van der Waals surface area contributed by atoms with E-state index in [0.29, 0.717) is 0 Å². The Hall–Kier alpha value is -0.580. The average molecular weight is 358 g/mol. The summed E-state index contributed by atoms with van der Waals surface area (Å²) in [4.78, 5) is -0.382. The second-order valence-electron chi connectivity index (χ2n) is 3.94. The summed E-state index contributed by atoms with van der Waals surface area (Å²) in [5.41, 5.74) is -1.80. The quantitative estimate of drug-likeness (QED) is 0.553.